The van der Waals surface area contributed by atoms with E-state index in [-0.39, 0.29) is 0 Å². The summed E-state index contributed by atoms with van der Waals surface area (Å²) in [5.74, 6) is 1.37. The lowest BCUT2D eigenvalue weighted by atomic mass is 10.1. The Morgan fingerprint density at radius 2 is 1.94 bits per heavy atom. The van der Waals surface area contributed by atoms with Gasteiger partial charge in [0.1, 0.15) is 0 Å². The van der Waals surface area contributed by atoms with E-state index in [1.807, 2.05) is 26.0 Å². The Morgan fingerprint density at radius 3 is 2.47 bits per heavy atom. The van der Waals surface area contributed by atoms with Crippen molar-refractivity contribution in [2.45, 2.75) is 27.3 Å². The van der Waals surface area contributed by atoms with Crippen LogP contribution in [0.4, 0.5) is 0 Å². The minimum absolute atomic E-state index is 0.658. The molecular weight excluding hydrogens is 214 g/mol. The van der Waals surface area contributed by atoms with Crippen LogP contribution in [-0.4, -0.2) is 16.5 Å². The van der Waals surface area contributed by atoms with E-state index in [1.165, 1.54) is 5.56 Å². The van der Waals surface area contributed by atoms with Gasteiger partial charge < -0.3 is 9.73 Å². The maximum Gasteiger partial charge on any atom is 0.196 e. The summed E-state index contributed by atoms with van der Waals surface area (Å²) in [7, 11) is 0. The Balaban J connectivity index is 2.35. The normalized spacial score (nSPS) is 10.8. The molecule has 0 aliphatic carbocycles. The van der Waals surface area contributed by atoms with E-state index in [0.29, 0.717) is 11.6 Å². The Hall–Kier alpha value is -1.68. The summed E-state index contributed by atoms with van der Waals surface area (Å²) in [6, 6.07) is 3.72. The fraction of sp³-hybridized carbons (Fsp3) is 0.385. The second kappa shape index (κ2) is 5.10. The lowest BCUT2D eigenvalue weighted by Gasteiger charge is -2.10. The zero-order chi connectivity index (χ0) is 12.3. The van der Waals surface area contributed by atoms with Crippen LogP contribution in [-0.2, 0) is 6.54 Å². The predicted octanol–water partition coefficient (Wildman–Crippen LogP) is 2.46. The Bertz CT molecular complexity index is 468. The minimum atomic E-state index is 0.658. The molecule has 4 heteroatoms. The van der Waals surface area contributed by atoms with Crippen LogP contribution in [0.2, 0.25) is 0 Å². The third-order valence-corrected chi connectivity index (χ3v) is 2.71. The Morgan fingerprint density at radius 1 is 1.24 bits per heavy atom. The molecule has 0 bridgehead atoms. The van der Waals surface area contributed by atoms with Gasteiger partial charge in [-0.25, -0.2) is 9.97 Å². The van der Waals surface area contributed by atoms with Crippen LogP contribution in [0.1, 0.15) is 23.9 Å². The highest BCUT2D eigenvalue weighted by atomic mass is 16.3. The van der Waals surface area contributed by atoms with Crippen LogP contribution in [0.3, 0.4) is 0 Å². The van der Waals surface area contributed by atoms with Gasteiger partial charge in [0, 0.05) is 23.5 Å². The summed E-state index contributed by atoms with van der Waals surface area (Å²) >= 11 is 0. The lowest BCUT2D eigenvalue weighted by molar-refractivity contribution is 0.576. The molecule has 0 aromatic carbocycles. The standard InChI is InChI=1S/C13H17N3O/c1-4-14-8-11-9(2)15-13(16-10(11)3)12-6-5-7-17-12/h5-7,14H,4,8H2,1-3H3. The highest BCUT2D eigenvalue weighted by Crippen LogP contribution is 2.18. The number of rotatable bonds is 4. The number of hydrogen-bond donors (Lipinski definition) is 1. The van der Waals surface area contributed by atoms with Crippen molar-refractivity contribution in [2.24, 2.45) is 0 Å². The third kappa shape index (κ3) is 2.53. The molecule has 90 valence electrons. The summed E-state index contributed by atoms with van der Waals surface area (Å²) < 4.78 is 5.31. The first kappa shape index (κ1) is 11.8. The van der Waals surface area contributed by atoms with Gasteiger partial charge in [-0.1, -0.05) is 6.92 Å². The number of aromatic nitrogens is 2. The number of furan rings is 1. The van der Waals surface area contributed by atoms with E-state index in [1.54, 1.807) is 6.26 Å². The quantitative estimate of drug-likeness (QED) is 0.878. The number of aryl methyl sites for hydroxylation is 2. The van der Waals surface area contributed by atoms with E-state index in [4.69, 9.17) is 4.42 Å². The van der Waals surface area contributed by atoms with E-state index in [9.17, 15) is 0 Å². The fourth-order valence-electron chi connectivity index (χ4n) is 1.76. The lowest BCUT2D eigenvalue weighted by Crippen LogP contribution is -2.15. The summed E-state index contributed by atoms with van der Waals surface area (Å²) in [5, 5.41) is 3.30. The monoisotopic (exact) mass is 231 g/mol. The van der Waals surface area contributed by atoms with Crippen LogP contribution < -0.4 is 5.32 Å². The molecule has 0 unspecified atom stereocenters. The van der Waals surface area contributed by atoms with Gasteiger partial charge in [0.05, 0.1) is 6.26 Å². The average molecular weight is 231 g/mol. The topological polar surface area (TPSA) is 51.0 Å². The third-order valence-electron chi connectivity index (χ3n) is 2.71. The molecule has 0 aliphatic heterocycles. The van der Waals surface area contributed by atoms with Crippen molar-refractivity contribution in [3.8, 4) is 11.6 Å². The highest BCUT2D eigenvalue weighted by molar-refractivity contribution is 5.47. The molecule has 0 fully saturated rings. The summed E-state index contributed by atoms with van der Waals surface area (Å²) in [4.78, 5) is 8.97. The second-order valence-corrected chi connectivity index (χ2v) is 3.95. The van der Waals surface area contributed by atoms with Gasteiger partial charge in [-0.15, -0.1) is 0 Å². The maximum atomic E-state index is 5.31. The van der Waals surface area contributed by atoms with Crippen LogP contribution in [0, 0.1) is 13.8 Å². The molecule has 0 atom stereocenters. The Labute approximate surface area is 101 Å². The fourth-order valence-corrected chi connectivity index (χ4v) is 1.76. The summed E-state index contributed by atoms with van der Waals surface area (Å²) in [6.45, 7) is 7.86. The molecule has 17 heavy (non-hydrogen) atoms. The first-order valence-electron chi connectivity index (χ1n) is 5.81. The van der Waals surface area contributed by atoms with Crippen molar-refractivity contribution in [3.63, 3.8) is 0 Å². The molecule has 2 rings (SSSR count). The van der Waals surface area contributed by atoms with Gasteiger partial charge >= 0.3 is 0 Å². The van der Waals surface area contributed by atoms with Crippen LogP contribution in [0.5, 0.6) is 0 Å². The molecule has 0 saturated heterocycles. The van der Waals surface area contributed by atoms with Crippen LogP contribution in [0.25, 0.3) is 11.6 Å². The van der Waals surface area contributed by atoms with Crippen molar-refractivity contribution < 1.29 is 4.42 Å². The SMILES string of the molecule is CCNCc1c(C)nc(-c2ccco2)nc1C. The van der Waals surface area contributed by atoms with Crippen molar-refractivity contribution >= 4 is 0 Å². The molecule has 0 spiro atoms. The predicted molar refractivity (Wildman–Crippen MR) is 66.6 cm³/mol. The van der Waals surface area contributed by atoms with Crippen LogP contribution >= 0.6 is 0 Å². The van der Waals surface area contributed by atoms with Crippen molar-refractivity contribution in [1.29, 1.82) is 0 Å². The molecule has 1 N–H and O–H groups in total. The number of nitrogens with one attached hydrogen (secondary N) is 1. The summed E-state index contributed by atoms with van der Waals surface area (Å²) in [5.41, 5.74) is 3.18. The van der Waals surface area contributed by atoms with E-state index < -0.39 is 0 Å². The molecule has 2 aromatic heterocycles. The molecule has 4 nitrogen and oxygen atoms in total. The first-order chi connectivity index (χ1) is 8.22. The largest absolute Gasteiger partial charge is 0.461 e. The summed E-state index contributed by atoms with van der Waals surface area (Å²) in [6.07, 6.45) is 1.63. The van der Waals surface area contributed by atoms with Gasteiger partial charge in [-0.3, -0.25) is 0 Å². The maximum absolute atomic E-state index is 5.31. The van der Waals surface area contributed by atoms with Gasteiger partial charge in [0.15, 0.2) is 11.6 Å². The van der Waals surface area contributed by atoms with Crippen molar-refractivity contribution in [3.05, 3.63) is 35.3 Å². The molecular formula is C13H17N3O. The first-order valence-corrected chi connectivity index (χ1v) is 5.81. The van der Waals surface area contributed by atoms with Gasteiger partial charge in [-0.2, -0.15) is 0 Å². The molecule has 2 aromatic rings. The smallest absolute Gasteiger partial charge is 0.196 e. The molecule has 0 amide bonds. The van der Waals surface area contributed by atoms with E-state index >= 15 is 0 Å². The van der Waals surface area contributed by atoms with Gasteiger partial charge in [0.25, 0.3) is 0 Å². The molecule has 0 saturated carbocycles. The second-order valence-electron chi connectivity index (χ2n) is 3.95. The van der Waals surface area contributed by atoms with Crippen LogP contribution in [0.15, 0.2) is 22.8 Å². The van der Waals surface area contributed by atoms with Crippen molar-refractivity contribution in [1.82, 2.24) is 15.3 Å². The van der Waals surface area contributed by atoms with Gasteiger partial charge in [-0.05, 0) is 32.5 Å². The average Bonchev–Trinajstić information content (AvgIpc) is 2.81. The number of nitrogens with zero attached hydrogens (tertiary/aromatic N) is 2. The van der Waals surface area contributed by atoms with E-state index in [2.05, 4.69) is 22.2 Å². The number of hydrogen-bond acceptors (Lipinski definition) is 4. The zero-order valence-electron chi connectivity index (χ0n) is 10.4. The molecule has 0 aliphatic rings. The van der Waals surface area contributed by atoms with Gasteiger partial charge in [0.2, 0.25) is 0 Å². The molecule has 0 radical (unpaired) electrons. The zero-order valence-corrected chi connectivity index (χ0v) is 10.4. The molecule has 2 heterocycles. The van der Waals surface area contributed by atoms with Crippen molar-refractivity contribution in [2.75, 3.05) is 6.54 Å². The Kier molecular flexibility index (Phi) is 3.54. The minimum Gasteiger partial charge on any atom is -0.461 e. The van der Waals surface area contributed by atoms with E-state index in [0.717, 1.165) is 24.5 Å². The highest BCUT2D eigenvalue weighted by Gasteiger charge is 2.10.